The molecule has 0 heterocycles. The van der Waals surface area contributed by atoms with Crippen molar-refractivity contribution in [3.8, 4) is 0 Å². The van der Waals surface area contributed by atoms with E-state index in [0.29, 0.717) is 12.1 Å². The molecule has 2 heteroatoms. The Bertz CT molecular complexity index is 153. The Morgan fingerprint density at radius 3 is 2.18 bits per heavy atom. The second-order valence-electron chi connectivity index (χ2n) is 5.12. The minimum absolute atomic E-state index is 0.668. The quantitative estimate of drug-likeness (QED) is 0.556. The van der Waals surface area contributed by atoms with E-state index in [9.17, 15) is 0 Å². The van der Waals surface area contributed by atoms with Crippen LogP contribution in [0.5, 0.6) is 0 Å². The Morgan fingerprint density at radius 2 is 1.71 bits per heavy atom. The summed E-state index contributed by atoms with van der Waals surface area (Å²) in [5.74, 6) is 0. The lowest BCUT2D eigenvalue weighted by Gasteiger charge is -2.34. The molecule has 1 N–H and O–H groups in total. The molecule has 0 radical (unpaired) electrons. The maximum absolute atomic E-state index is 3.66. The lowest BCUT2D eigenvalue weighted by molar-refractivity contribution is 0.177. The van der Waals surface area contributed by atoms with E-state index in [2.05, 4.69) is 45.0 Å². The van der Waals surface area contributed by atoms with Crippen molar-refractivity contribution in [3.05, 3.63) is 0 Å². The standard InChI is InChI=1S/C15H34N2/c1-6-10-11-13-17(5)15(8-3)14(12-7-2)16-9-4/h14-16H,6-13H2,1-5H3. The fraction of sp³-hybridized carbons (Fsp3) is 1.00. The first-order valence-electron chi connectivity index (χ1n) is 7.64. The number of hydrogen-bond acceptors (Lipinski definition) is 2. The van der Waals surface area contributed by atoms with Crippen LogP contribution in [0.1, 0.15) is 66.2 Å². The van der Waals surface area contributed by atoms with Crippen LogP contribution in [-0.4, -0.2) is 37.1 Å². The highest BCUT2D eigenvalue weighted by Crippen LogP contribution is 2.13. The Hall–Kier alpha value is -0.0800. The van der Waals surface area contributed by atoms with Crippen molar-refractivity contribution in [1.82, 2.24) is 10.2 Å². The minimum Gasteiger partial charge on any atom is -0.313 e. The van der Waals surface area contributed by atoms with Gasteiger partial charge < -0.3 is 10.2 Å². The molecule has 0 aliphatic rings. The Balaban J connectivity index is 4.21. The van der Waals surface area contributed by atoms with Crippen molar-refractivity contribution in [1.29, 1.82) is 0 Å². The van der Waals surface area contributed by atoms with Gasteiger partial charge in [-0.3, -0.25) is 0 Å². The van der Waals surface area contributed by atoms with E-state index in [4.69, 9.17) is 0 Å². The highest BCUT2D eigenvalue weighted by atomic mass is 15.2. The van der Waals surface area contributed by atoms with Gasteiger partial charge in [0.15, 0.2) is 0 Å². The molecule has 2 unspecified atom stereocenters. The van der Waals surface area contributed by atoms with Crippen molar-refractivity contribution in [2.24, 2.45) is 0 Å². The van der Waals surface area contributed by atoms with E-state index in [1.165, 1.54) is 45.1 Å². The van der Waals surface area contributed by atoms with Crippen LogP contribution in [0, 0.1) is 0 Å². The van der Waals surface area contributed by atoms with Crippen molar-refractivity contribution in [3.63, 3.8) is 0 Å². The molecule has 0 rings (SSSR count). The van der Waals surface area contributed by atoms with Crippen LogP contribution >= 0.6 is 0 Å². The van der Waals surface area contributed by atoms with Gasteiger partial charge in [0.2, 0.25) is 0 Å². The molecule has 0 spiro atoms. The molecule has 2 atom stereocenters. The molecule has 0 aliphatic heterocycles. The molecule has 0 aromatic heterocycles. The summed E-state index contributed by atoms with van der Waals surface area (Å²) in [5, 5.41) is 3.66. The Labute approximate surface area is 109 Å². The average Bonchev–Trinajstić information content (AvgIpc) is 2.31. The highest BCUT2D eigenvalue weighted by molar-refractivity contribution is 4.81. The molecule has 104 valence electrons. The maximum Gasteiger partial charge on any atom is 0.0243 e. The zero-order valence-electron chi connectivity index (χ0n) is 12.8. The molecule has 0 bridgehead atoms. The van der Waals surface area contributed by atoms with Gasteiger partial charge in [-0.15, -0.1) is 0 Å². The van der Waals surface area contributed by atoms with Crippen LogP contribution in [0.25, 0.3) is 0 Å². The smallest absolute Gasteiger partial charge is 0.0243 e. The molecular formula is C15H34N2. The molecule has 0 fully saturated rings. The number of nitrogens with zero attached hydrogens (tertiary/aromatic N) is 1. The second-order valence-corrected chi connectivity index (χ2v) is 5.12. The maximum atomic E-state index is 3.66. The minimum atomic E-state index is 0.668. The van der Waals surface area contributed by atoms with Crippen LogP contribution in [0.4, 0.5) is 0 Å². The van der Waals surface area contributed by atoms with Gasteiger partial charge in [0, 0.05) is 12.1 Å². The van der Waals surface area contributed by atoms with E-state index in [-0.39, 0.29) is 0 Å². The molecular weight excluding hydrogens is 208 g/mol. The van der Waals surface area contributed by atoms with E-state index in [1.54, 1.807) is 0 Å². The Kier molecular flexibility index (Phi) is 11.0. The number of likely N-dealkylation sites (N-methyl/N-ethyl adjacent to an activating group) is 2. The largest absolute Gasteiger partial charge is 0.313 e. The van der Waals surface area contributed by atoms with Gasteiger partial charge in [-0.1, -0.05) is 47.0 Å². The summed E-state index contributed by atoms with van der Waals surface area (Å²) in [6.45, 7) is 11.4. The highest BCUT2D eigenvalue weighted by Gasteiger charge is 2.21. The molecule has 0 amide bonds. The third-order valence-corrected chi connectivity index (χ3v) is 3.63. The zero-order valence-corrected chi connectivity index (χ0v) is 12.8. The fourth-order valence-corrected chi connectivity index (χ4v) is 2.68. The van der Waals surface area contributed by atoms with Crippen LogP contribution < -0.4 is 5.32 Å². The van der Waals surface area contributed by atoms with E-state index in [0.717, 1.165) is 6.54 Å². The number of unbranched alkanes of at least 4 members (excludes halogenated alkanes) is 2. The van der Waals surface area contributed by atoms with Gasteiger partial charge in [-0.25, -0.2) is 0 Å². The van der Waals surface area contributed by atoms with E-state index >= 15 is 0 Å². The predicted octanol–water partition coefficient (Wildman–Crippen LogP) is 3.67. The van der Waals surface area contributed by atoms with Gasteiger partial charge in [-0.2, -0.15) is 0 Å². The molecule has 0 aliphatic carbocycles. The van der Waals surface area contributed by atoms with Crippen molar-refractivity contribution in [2.75, 3.05) is 20.1 Å². The molecule has 0 saturated heterocycles. The summed E-state index contributed by atoms with van der Waals surface area (Å²) in [4.78, 5) is 2.57. The van der Waals surface area contributed by atoms with E-state index < -0.39 is 0 Å². The topological polar surface area (TPSA) is 15.3 Å². The number of nitrogens with one attached hydrogen (secondary N) is 1. The normalized spacial score (nSPS) is 15.2. The SMILES string of the molecule is CCCCCN(C)C(CC)C(CCC)NCC. The number of rotatable bonds is 11. The fourth-order valence-electron chi connectivity index (χ4n) is 2.68. The summed E-state index contributed by atoms with van der Waals surface area (Å²) in [6.07, 6.45) is 7.84. The van der Waals surface area contributed by atoms with Crippen LogP contribution in [0.2, 0.25) is 0 Å². The third kappa shape index (κ3) is 7.05. The first kappa shape index (κ1) is 16.9. The van der Waals surface area contributed by atoms with Crippen LogP contribution in [0.15, 0.2) is 0 Å². The summed E-state index contributed by atoms with van der Waals surface area (Å²) >= 11 is 0. The monoisotopic (exact) mass is 242 g/mol. The van der Waals surface area contributed by atoms with Gasteiger partial charge in [0.05, 0.1) is 0 Å². The van der Waals surface area contributed by atoms with Crippen LogP contribution in [-0.2, 0) is 0 Å². The second kappa shape index (κ2) is 11.0. The van der Waals surface area contributed by atoms with Gasteiger partial charge in [0.25, 0.3) is 0 Å². The van der Waals surface area contributed by atoms with Gasteiger partial charge >= 0.3 is 0 Å². The molecule has 17 heavy (non-hydrogen) atoms. The molecule has 0 aromatic carbocycles. The first-order valence-corrected chi connectivity index (χ1v) is 7.64. The van der Waals surface area contributed by atoms with E-state index in [1.807, 2.05) is 0 Å². The van der Waals surface area contributed by atoms with Crippen molar-refractivity contribution >= 4 is 0 Å². The summed E-state index contributed by atoms with van der Waals surface area (Å²) in [7, 11) is 2.30. The summed E-state index contributed by atoms with van der Waals surface area (Å²) in [6, 6.07) is 1.37. The van der Waals surface area contributed by atoms with Gasteiger partial charge in [0.1, 0.15) is 0 Å². The number of hydrogen-bond donors (Lipinski definition) is 1. The summed E-state index contributed by atoms with van der Waals surface area (Å²) in [5.41, 5.74) is 0. The first-order chi connectivity index (χ1) is 8.21. The summed E-state index contributed by atoms with van der Waals surface area (Å²) < 4.78 is 0. The van der Waals surface area contributed by atoms with Gasteiger partial charge in [-0.05, 0) is 39.4 Å². The van der Waals surface area contributed by atoms with Crippen LogP contribution in [0.3, 0.4) is 0 Å². The zero-order chi connectivity index (χ0) is 13.1. The lowest BCUT2D eigenvalue weighted by Crippen LogP contribution is -2.48. The Morgan fingerprint density at radius 1 is 1.00 bits per heavy atom. The predicted molar refractivity (Wildman–Crippen MR) is 78.6 cm³/mol. The molecule has 0 saturated carbocycles. The van der Waals surface area contributed by atoms with Crippen molar-refractivity contribution < 1.29 is 0 Å². The molecule has 0 aromatic rings. The lowest BCUT2D eigenvalue weighted by atomic mass is 9.99. The third-order valence-electron chi connectivity index (χ3n) is 3.63. The van der Waals surface area contributed by atoms with Crippen molar-refractivity contribution in [2.45, 2.75) is 78.3 Å². The molecule has 2 nitrogen and oxygen atoms in total. The average molecular weight is 242 g/mol.